The Kier molecular flexibility index (Phi) is 5.63. The summed E-state index contributed by atoms with van der Waals surface area (Å²) in [6.07, 6.45) is 3.89. The molecule has 1 aliphatic rings. The highest BCUT2D eigenvalue weighted by Crippen LogP contribution is 2.31. The van der Waals surface area contributed by atoms with Gasteiger partial charge in [0.25, 0.3) is 0 Å². The molecule has 6 nitrogen and oxygen atoms in total. The van der Waals surface area contributed by atoms with Gasteiger partial charge >= 0.3 is 5.69 Å². The normalized spacial score (nSPS) is 16.7. The molecule has 2 heterocycles. The minimum atomic E-state index is -0.208. The maximum Gasteiger partial charge on any atom is 0.343 e. The lowest BCUT2D eigenvalue weighted by atomic mass is 9.97. The standard InChI is InChI=1S/C18H24N4O2S/c1-3-4-11-21-17(24)19-20-18(21)25-12-16(23)22-13(2)9-10-14-7-5-6-8-15(14)22/h5-8,13H,3-4,9-12H2,1-2H3,(H,19,24)/t13-/m1/s1. The quantitative estimate of drug-likeness (QED) is 0.804. The van der Waals surface area contributed by atoms with E-state index in [2.05, 4.69) is 30.1 Å². The molecule has 25 heavy (non-hydrogen) atoms. The SMILES string of the molecule is CCCCn1c(SCC(=O)N2c3ccccc3CC[C@H]2C)n[nH]c1=O. The molecule has 0 aliphatic carbocycles. The maximum atomic E-state index is 12.9. The summed E-state index contributed by atoms with van der Waals surface area (Å²) < 4.78 is 1.62. The third kappa shape index (κ3) is 3.81. The van der Waals surface area contributed by atoms with Gasteiger partial charge in [-0.05, 0) is 37.8 Å². The van der Waals surface area contributed by atoms with Crippen LogP contribution in [-0.4, -0.2) is 32.5 Å². The van der Waals surface area contributed by atoms with Crippen molar-refractivity contribution in [1.29, 1.82) is 0 Å². The number of anilines is 1. The topological polar surface area (TPSA) is 71.0 Å². The Morgan fingerprint density at radius 3 is 3.00 bits per heavy atom. The van der Waals surface area contributed by atoms with Crippen LogP contribution in [0.15, 0.2) is 34.2 Å². The van der Waals surface area contributed by atoms with E-state index < -0.39 is 0 Å². The molecule has 2 aromatic rings. The van der Waals surface area contributed by atoms with Crippen molar-refractivity contribution >= 4 is 23.4 Å². The summed E-state index contributed by atoms with van der Waals surface area (Å²) in [4.78, 5) is 26.6. The van der Waals surface area contributed by atoms with Gasteiger partial charge in [-0.1, -0.05) is 43.3 Å². The fraction of sp³-hybridized carbons (Fsp3) is 0.500. The highest BCUT2D eigenvalue weighted by Gasteiger charge is 2.28. The van der Waals surface area contributed by atoms with Crippen LogP contribution >= 0.6 is 11.8 Å². The summed E-state index contributed by atoms with van der Waals surface area (Å²) in [6, 6.07) is 8.27. The zero-order valence-corrected chi connectivity index (χ0v) is 15.5. The summed E-state index contributed by atoms with van der Waals surface area (Å²) in [5.41, 5.74) is 2.02. The summed E-state index contributed by atoms with van der Waals surface area (Å²) in [5, 5.41) is 7.14. The number of nitrogens with zero attached hydrogens (tertiary/aromatic N) is 3. The molecule has 1 N–H and O–H groups in total. The van der Waals surface area contributed by atoms with Crippen LogP contribution in [0.25, 0.3) is 0 Å². The number of unbranched alkanes of at least 4 members (excludes halogenated alkanes) is 1. The molecular weight excluding hydrogens is 336 g/mol. The van der Waals surface area contributed by atoms with Crippen LogP contribution in [0.2, 0.25) is 0 Å². The van der Waals surface area contributed by atoms with Gasteiger partial charge in [0.1, 0.15) is 0 Å². The fourth-order valence-electron chi connectivity index (χ4n) is 3.19. The number of thioether (sulfide) groups is 1. The first-order chi connectivity index (χ1) is 12.1. The maximum absolute atomic E-state index is 12.9. The van der Waals surface area contributed by atoms with E-state index in [4.69, 9.17) is 0 Å². The number of aromatic amines is 1. The molecule has 0 radical (unpaired) electrons. The van der Waals surface area contributed by atoms with Crippen LogP contribution in [0.3, 0.4) is 0 Å². The third-order valence-electron chi connectivity index (χ3n) is 4.58. The average Bonchev–Trinajstić information content (AvgIpc) is 2.97. The van der Waals surface area contributed by atoms with Gasteiger partial charge in [-0.3, -0.25) is 9.36 Å². The molecule has 0 unspecified atom stereocenters. The van der Waals surface area contributed by atoms with Gasteiger partial charge in [0.15, 0.2) is 5.16 Å². The van der Waals surface area contributed by atoms with Gasteiger partial charge in [-0.15, -0.1) is 5.10 Å². The van der Waals surface area contributed by atoms with Gasteiger partial charge in [0, 0.05) is 18.3 Å². The van der Waals surface area contributed by atoms with Gasteiger partial charge < -0.3 is 4.90 Å². The predicted molar refractivity (Wildman–Crippen MR) is 100 cm³/mol. The molecule has 1 aromatic carbocycles. The van der Waals surface area contributed by atoms with E-state index >= 15 is 0 Å². The van der Waals surface area contributed by atoms with Crippen LogP contribution in [0.1, 0.15) is 38.7 Å². The lowest BCUT2D eigenvalue weighted by Gasteiger charge is -2.35. The predicted octanol–water partition coefficient (Wildman–Crippen LogP) is 2.83. The van der Waals surface area contributed by atoms with Crippen molar-refractivity contribution in [3.8, 4) is 0 Å². The molecule has 0 spiro atoms. The Morgan fingerprint density at radius 2 is 2.20 bits per heavy atom. The highest BCUT2D eigenvalue weighted by molar-refractivity contribution is 7.99. The van der Waals surface area contributed by atoms with Gasteiger partial charge in [0.05, 0.1) is 5.75 Å². The fourth-order valence-corrected chi connectivity index (χ4v) is 4.02. The average molecular weight is 360 g/mol. The van der Waals surface area contributed by atoms with E-state index in [1.54, 1.807) is 4.57 Å². The zero-order valence-electron chi connectivity index (χ0n) is 14.7. The van der Waals surface area contributed by atoms with Crippen molar-refractivity contribution in [2.45, 2.75) is 57.3 Å². The van der Waals surface area contributed by atoms with E-state index in [1.807, 2.05) is 23.1 Å². The molecule has 0 saturated carbocycles. The molecule has 3 rings (SSSR count). The molecule has 134 valence electrons. The monoisotopic (exact) mass is 360 g/mol. The second-order valence-electron chi connectivity index (χ2n) is 6.39. The van der Waals surface area contributed by atoms with E-state index in [0.717, 1.165) is 31.4 Å². The van der Waals surface area contributed by atoms with E-state index in [-0.39, 0.29) is 23.4 Å². The number of rotatable bonds is 6. The molecule has 7 heteroatoms. The Labute approximate surface area is 151 Å². The number of carbonyl (C=O) groups excluding carboxylic acids is 1. The number of carbonyl (C=O) groups is 1. The number of H-pyrrole nitrogens is 1. The smallest absolute Gasteiger partial charge is 0.309 e. The number of benzene rings is 1. The van der Waals surface area contributed by atoms with Crippen LogP contribution in [0.4, 0.5) is 5.69 Å². The molecule has 1 amide bonds. The second kappa shape index (κ2) is 7.91. The summed E-state index contributed by atoms with van der Waals surface area (Å²) in [6.45, 7) is 4.80. The van der Waals surface area contributed by atoms with Crippen LogP contribution < -0.4 is 10.6 Å². The molecule has 0 bridgehead atoms. The first-order valence-electron chi connectivity index (χ1n) is 8.79. The van der Waals surface area contributed by atoms with Crippen molar-refractivity contribution < 1.29 is 4.79 Å². The van der Waals surface area contributed by atoms with Crippen molar-refractivity contribution in [2.24, 2.45) is 0 Å². The Balaban J connectivity index is 1.72. The lowest BCUT2D eigenvalue weighted by molar-refractivity contribution is -0.116. The van der Waals surface area contributed by atoms with E-state index in [9.17, 15) is 9.59 Å². The van der Waals surface area contributed by atoms with Crippen molar-refractivity contribution in [3.63, 3.8) is 0 Å². The summed E-state index contributed by atoms with van der Waals surface area (Å²) >= 11 is 1.33. The van der Waals surface area contributed by atoms with Crippen LogP contribution in [0, 0.1) is 0 Å². The highest BCUT2D eigenvalue weighted by atomic mass is 32.2. The number of amides is 1. The number of aryl methyl sites for hydroxylation is 1. The minimum Gasteiger partial charge on any atom is -0.309 e. The first-order valence-corrected chi connectivity index (χ1v) is 9.78. The number of aromatic nitrogens is 3. The molecule has 1 aromatic heterocycles. The van der Waals surface area contributed by atoms with Gasteiger partial charge in [0.2, 0.25) is 5.91 Å². The Hall–Kier alpha value is -2.02. The number of para-hydroxylation sites is 1. The van der Waals surface area contributed by atoms with Crippen LogP contribution in [0.5, 0.6) is 0 Å². The number of nitrogens with one attached hydrogen (secondary N) is 1. The van der Waals surface area contributed by atoms with E-state index in [1.165, 1.54) is 17.3 Å². The summed E-state index contributed by atoms with van der Waals surface area (Å²) in [7, 11) is 0. The molecule has 0 saturated heterocycles. The van der Waals surface area contributed by atoms with E-state index in [0.29, 0.717) is 11.7 Å². The first kappa shape index (κ1) is 17.8. The molecular formula is C18H24N4O2S. The summed E-state index contributed by atoms with van der Waals surface area (Å²) in [5.74, 6) is 0.330. The van der Waals surface area contributed by atoms with Crippen molar-refractivity contribution in [1.82, 2.24) is 14.8 Å². The van der Waals surface area contributed by atoms with Crippen LogP contribution in [-0.2, 0) is 17.8 Å². The van der Waals surface area contributed by atoms with Gasteiger partial charge in [-0.2, -0.15) is 0 Å². The molecule has 1 atom stereocenters. The zero-order chi connectivity index (χ0) is 17.8. The minimum absolute atomic E-state index is 0.0575. The molecule has 1 aliphatic heterocycles. The largest absolute Gasteiger partial charge is 0.343 e. The second-order valence-corrected chi connectivity index (χ2v) is 7.33. The molecule has 0 fully saturated rings. The lowest BCUT2D eigenvalue weighted by Crippen LogP contribution is -2.43. The Bertz CT molecular complexity index is 798. The van der Waals surface area contributed by atoms with Crippen molar-refractivity contribution in [2.75, 3.05) is 10.7 Å². The number of hydrogen-bond acceptors (Lipinski definition) is 4. The van der Waals surface area contributed by atoms with Crippen molar-refractivity contribution in [3.05, 3.63) is 40.3 Å². The third-order valence-corrected chi connectivity index (χ3v) is 5.54. The van der Waals surface area contributed by atoms with Gasteiger partial charge in [-0.25, -0.2) is 9.89 Å². The number of fused-ring (bicyclic) bond motifs is 1. The number of hydrogen-bond donors (Lipinski definition) is 1. The Morgan fingerprint density at radius 1 is 1.40 bits per heavy atom.